The molecule has 3 amide bonds. The van der Waals surface area contributed by atoms with Crippen molar-refractivity contribution >= 4 is 17.6 Å². The molecule has 1 aliphatic rings. The topological polar surface area (TPSA) is 110 Å². The third-order valence-electron chi connectivity index (χ3n) is 4.22. The van der Waals surface area contributed by atoms with Crippen molar-refractivity contribution < 1.29 is 18.8 Å². The van der Waals surface area contributed by atoms with E-state index >= 15 is 0 Å². The van der Waals surface area contributed by atoms with Crippen molar-refractivity contribution in [3.05, 3.63) is 41.5 Å². The van der Waals surface area contributed by atoms with E-state index in [0.29, 0.717) is 23.0 Å². The van der Waals surface area contributed by atoms with Crippen LogP contribution in [0.5, 0.6) is 0 Å². The summed E-state index contributed by atoms with van der Waals surface area (Å²) in [6.07, 6.45) is 3.29. The number of nitrogens with zero attached hydrogens (tertiary/aromatic N) is 3. The summed E-state index contributed by atoms with van der Waals surface area (Å²) in [4.78, 5) is 30.4. The number of amides is 3. The van der Waals surface area contributed by atoms with Crippen LogP contribution >= 0.6 is 0 Å². The number of hydrogen-bond donors (Lipinski definition) is 2. The van der Waals surface area contributed by atoms with Crippen LogP contribution in [0.1, 0.15) is 41.3 Å². The fourth-order valence-corrected chi connectivity index (χ4v) is 2.85. The third kappa shape index (κ3) is 5.27. The Hall–Kier alpha value is -2.94. The average Bonchev–Trinajstić information content (AvgIpc) is 3.15. The monoisotopic (exact) mass is 373 g/mol. The maximum absolute atomic E-state index is 12.4. The Kier molecular flexibility index (Phi) is 6.37. The lowest BCUT2D eigenvalue weighted by Gasteiger charge is -2.26. The Morgan fingerprint density at radius 2 is 1.93 bits per heavy atom. The second-order valence-electron chi connectivity index (χ2n) is 6.28. The number of benzene rings is 1. The van der Waals surface area contributed by atoms with Crippen LogP contribution in [0.3, 0.4) is 0 Å². The first kappa shape index (κ1) is 18.8. The van der Waals surface area contributed by atoms with Crippen LogP contribution in [0.4, 0.5) is 10.5 Å². The molecular weight excluding hydrogens is 350 g/mol. The van der Waals surface area contributed by atoms with E-state index in [0.717, 1.165) is 25.9 Å². The number of anilines is 1. The molecule has 0 bridgehead atoms. The largest absolute Gasteiger partial charge is 0.375 e. The number of carbonyl (C=O) groups excluding carboxylic acids is 2. The van der Waals surface area contributed by atoms with Crippen LogP contribution in [0, 0.1) is 0 Å². The van der Waals surface area contributed by atoms with Crippen molar-refractivity contribution in [3.63, 3.8) is 0 Å². The molecule has 1 aromatic carbocycles. The number of likely N-dealkylation sites (tertiary alicyclic amines) is 1. The van der Waals surface area contributed by atoms with Gasteiger partial charge in [0.05, 0.1) is 6.54 Å². The molecule has 2 N–H and O–H groups in total. The minimum atomic E-state index is -0.400. The lowest BCUT2D eigenvalue weighted by molar-refractivity contribution is 0.0724. The van der Waals surface area contributed by atoms with E-state index in [4.69, 9.17) is 9.26 Å². The summed E-state index contributed by atoms with van der Waals surface area (Å²) in [5.74, 6) is 0.748. The Bertz CT molecular complexity index is 768. The number of carbonyl (C=O) groups is 2. The smallest absolute Gasteiger partial charge is 0.319 e. The molecule has 0 unspecified atom stereocenters. The van der Waals surface area contributed by atoms with Crippen molar-refractivity contribution in [2.75, 3.05) is 25.5 Å². The molecule has 2 heterocycles. The molecule has 1 aliphatic heterocycles. The molecule has 1 aromatic heterocycles. The zero-order chi connectivity index (χ0) is 19.1. The van der Waals surface area contributed by atoms with Gasteiger partial charge in [0.25, 0.3) is 11.8 Å². The van der Waals surface area contributed by atoms with Crippen LogP contribution in [-0.4, -0.2) is 47.2 Å². The van der Waals surface area contributed by atoms with E-state index in [1.165, 1.54) is 13.5 Å². The van der Waals surface area contributed by atoms with Gasteiger partial charge in [-0.1, -0.05) is 5.16 Å². The van der Waals surface area contributed by atoms with Gasteiger partial charge in [-0.05, 0) is 43.5 Å². The number of piperidine rings is 1. The SMILES string of the molecule is COCc1nc(CNC(=O)Nc2ccc(C(=O)N3CCCCC3)cc2)no1. The molecule has 9 nitrogen and oxygen atoms in total. The van der Waals surface area contributed by atoms with E-state index in [9.17, 15) is 9.59 Å². The van der Waals surface area contributed by atoms with Gasteiger partial charge in [-0.3, -0.25) is 4.79 Å². The fraction of sp³-hybridized carbons (Fsp3) is 0.444. The van der Waals surface area contributed by atoms with E-state index in [2.05, 4.69) is 20.8 Å². The first-order valence-corrected chi connectivity index (χ1v) is 8.90. The summed E-state index contributed by atoms with van der Waals surface area (Å²) in [7, 11) is 1.53. The highest BCUT2D eigenvalue weighted by molar-refractivity contribution is 5.95. The molecule has 0 radical (unpaired) electrons. The Morgan fingerprint density at radius 3 is 2.63 bits per heavy atom. The highest BCUT2D eigenvalue weighted by atomic mass is 16.5. The summed E-state index contributed by atoms with van der Waals surface area (Å²) in [5, 5.41) is 9.08. The molecule has 27 heavy (non-hydrogen) atoms. The molecule has 1 saturated heterocycles. The number of rotatable bonds is 6. The summed E-state index contributed by atoms with van der Waals surface area (Å²) in [6, 6.07) is 6.47. The maximum Gasteiger partial charge on any atom is 0.319 e. The molecule has 9 heteroatoms. The number of hydrogen-bond acceptors (Lipinski definition) is 6. The third-order valence-corrected chi connectivity index (χ3v) is 4.22. The van der Waals surface area contributed by atoms with E-state index < -0.39 is 6.03 Å². The normalized spacial score (nSPS) is 14.0. The van der Waals surface area contributed by atoms with Crippen molar-refractivity contribution in [2.45, 2.75) is 32.4 Å². The molecule has 2 aromatic rings. The van der Waals surface area contributed by atoms with Gasteiger partial charge in [-0.2, -0.15) is 4.98 Å². The summed E-state index contributed by atoms with van der Waals surface area (Å²) in [5.41, 5.74) is 1.22. The van der Waals surface area contributed by atoms with Crippen LogP contribution < -0.4 is 10.6 Å². The van der Waals surface area contributed by atoms with Gasteiger partial charge in [0.1, 0.15) is 6.61 Å². The summed E-state index contributed by atoms with van der Waals surface area (Å²) in [6.45, 7) is 1.97. The van der Waals surface area contributed by atoms with Gasteiger partial charge in [0.15, 0.2) is 5.82 Å². The van der Waals surface area contributed by atoms with Gasteiger partial charge in [-0.15, -0.1) is 0 Å². The number of ether oxygens (including phenoxy) is 1. The number of methoxy groups -OCH3 is 1. The van der Waals surface area contributed by atoms with Gasteiger partial charge in [-0.25, -0.2) is 4.79 Å². The van der Waals surface area contributed by atoms with Gasteiger partial charge < -0.3 is 24.8 Å². The molecule has 0 saturated carbocycles. The van der Waals surface area contributed by atoms with Gasteiger partial charge in [0.2, 0.25) is 0 Å². The minimum Gasteiger partial charge on any atom is -0.375 e. The number of urea groups is 1. The quantitative estimate of drug-likeness (QED) is 0.803. The number of nitrogens with one attached hydrogen (secondary N) is 2. The molecular formula is C18H23N5O4. The fourth-order valence-electron chi connectivity index (χ4n) is 2.85. The van der Waals surface area contributed by atoms with Crippen LogP contribution in [-0.2, 0) is 17.9 Å². The maximum atomic E-state index is 12.4. The van der Waals surface area contributed by atoms with E-state index in [1.807, 2.05) is 4.90 Å². The lowest BCUT2D eigenvalue weighted by Crippen LogP contribution is -2.35. The standard InChI is InChI=1S/C18H23N5O4/c1-26-12-16-21-15(22-27-16)11-19-18(25)20-14-7-5-13(6-8-14)17(24)23-9-3-2-4-10-23/h5-8H,2-4,9-12H2,1H3,(H2,19,20,25). The van der Waals surface area contributed by atoms with Gasteiger partial charge in [0, 0.05) is 31.5 Å². The molecule has 0 spiro atoms. The Balaban J connectivity index is 1.48. The highest BCUT2D eigenvalue weighted by Crippen LogP contribution is 2.15. The molecule has 3 rings (SSSR count). The first-order chi connectivity index (χ1) is 13.2. The van der Waals surface area contributed by atoms with Crippen LogP contribution in [0.25, 0.3) is 0 Å². The van der Waals surface area contributed by atoms with Gasteiger partial charge >= 0.3 is 6.03 Å². The van der Waals surface area contributed by atoms with Crippen LogP contribution in [0.15, 0.2) is 28.8 Å². The molecule has 1 fully saturated rings. The predicted octanol–water partition coefficient (Wildman–Crippen LogP) is 2.16. The second-order valence-corrected chi connectivity index (χ2v) is 6.28. The minimum absolute atomic E-state index is 0.0367. The molecule has 0 atom stereocenters. The van der Waals surface area contributed by atoms with Crippen molar-refractivity contribution in [1.82, 2.24) is 20.4 Å². The number of aromatic nitrogens is 2. The zero-order valence-corrected chi connectivity index (χ0v) is 15.2. The van der Waals surface area contributed by atoms with Crippen molar-refractivity contribution in [1.29, 1.82) is 0 Å². The van der Waals surface area contributed by atoms with Crippen molar-refractivity contribution in [2.24, 2.45) is 0 Å². The Labute approximate surface area is 157 Å². The predicted molar refractivity (Wildman–Crippen MR) is 97.1 cm³/mol. The van der Waals surface area contributed by atoms with E-state index in [1.54, 1.807) is 24.3 Å². The first-order valence-electron chi connectivity index (χ1n) is 8.90. The highest BCUT2D eigenvalue weighted by Gasteiger charge is 2.18. The zero-order valence-electron chi connectivity index (χ0n) is 15.2. The second kappa shape index (κ2) is 9.13. The summed E-state index contributed by atoms with van der Waals surface area (Å²) >= 11 is 0. The van der Waals surface area contributed by atoms with E-state index in [-0.39, 0.29) is 19.1 Å². The van der Waals surface area contributed by atoms with Crippen LogP contribution in [0.2, 0.25) is 0 Å². The average molecular weight is 373 g/mol. The van der Waals surface area contributed by atoms with Crippen molar-refractivity contribution in [3.8, 4) is 0 Å². The summed E-state index contributed by atoms with van der Waals surface area (Å²) < 4.78 is 9.84. The molecule has 144 valence electrons. The molecule has 0 aliphatic carbocycles. The lowest BCUT2D eigenvalue weighted by atomic mass is 10.1. The Morgan fingerprint density at radius 1 is 1.19 bits per heavy atom.